The Bertz CT molecular complexity index is 411. The Balaban J connectivity index is 1.90. The lowest BCUT2D eigenvalue weighted by molar-refractivity contribution is 0.168. The van der Waals surface area contributed by atoms with Gasteiger partial charge >= 0.3 is 0 Å². The van der Waals surface area contributed by atoms with E-state index in [9.17, 15) is 4.39 Å². The second-order valence-corrected chi connectivity index (χ2v) is 6.08. The van der Waals surface area contributed by atoms with Crippen LogP contribution in [0.5, 0.6) is 0 Å². The Morgan fingerprint density at radius 3 is 3.00 bits per heavy atom. The third kappa shape index (κ3) is 3.53. The molecule has 0 amide bonds. The fourth-order valence-corrected chi connectivity index (χ4v) is 2.82. The molecule has 1 heterocycles. The molecule has 2 nitrogen and oxygen atoms in total. The SMILES string of the molecule is CC1CC(NCc2cc(Br)ccc2F)CCN1C. The number of nitrogens with one attached hydrogen (secondary N) is 1. The van der Waals surface area contributed by atoms with Crippen LogP contribution in [0.3, 0.4) is 0 Å². The summed E-state index contributed by atoms with van der Waals surface area (Å²) in [6.07, 6.45) is 2.27. The van der Waals surface area contributed by atoms with Crippen LogP contribution in [-0.2, 0) is 6.54 Å². The lowest BCUT2D eigenvalue weighted by Crippen LogP contribution is -2.45. The van der Waals surface area contributed by atoms with E-state index < -0.39 is 0 Å². The first-order chi connectivity index (χ1) is 8.56. The molecule has 1 aromatic carbocycles. The van der Waals surface area contributed by atoms with Crippen LogP contribution in [0.25, 0.3) is 0 Å². The van der Waals surface area contributed by atoms with Crippen LogP contribution in [0.1, 0.15) is 25.3 Å². The summed E-state index contributed by atoms with van der Waals surface area (Å²) < 4.78 is 14.5. The van der Waals surface area contributed by atoms with Gasteiger partial charge in [0, 0.05) is 28.7 Å². The molecule has 100 valence electrons. The van der Waals surface area contributed by atoms with E-state index in [1.54, 1.807) is 6.07 Å². The van der Waals surface area contributed by atoms with Crippen molar-refractivity contribution in [3.05, 3.63) is 34.1 Å². The number of benzene rings is 1. The van der Waals surface area contributed by atoms with Gasteiger partial charge in [0.2, 0.25) is 0 Å². The average molecular weight is 315 g/mol. The Morgan fingerprint density at radius 1 is 1.50 bits per heavy atom. The molecule has 1 aliphatic rings. The molecule has 2 atom stereocenters. The number of hydrogen-bond donors (Lipinski definition) is 1. The van der Waals surface area contributed by atoms with Gasteiger partial charge in [0.15, 0.2) is 0 Å². The third-order valence-electron chi connectivity index (χ3n) is 3.80. The van der Waals surface area contributed by atoms with E-state index in [0.29, 0.717) is 18.6 Å². The van der Waals surface area contributed by atoms with Crippen molar-refractivity contribution in [1.29, 1.82) is 0 Å². The van der Waals surface area contributed by atoms with Crippen molar-refractivity contribution in [1.82, 2.24) is 10.2 Å². The summed E-state index contributed by atoms with van der Waals surface area (Å²) in [5.41, 5.74) is 0.732. The first kappa shape index (κ1) is 14.0. The van der Waals surface area contributed by atoms with Gasteiger partial charge in [0.25, 0.3) is 0 Å². The van der Waals surface area contributed by atoms with Crippen LogP contribution in [0.2, 0.25) is 0 Å². The average Bonchev–Trinajstić information content (AvgIpc) is 2.34. The van der Waals surface area contributed by atoms with Crippen molar-refractivity contribution in [3.8, 4) is 0 Å². The molecule has 1 aromatic rings. The zero-order chi connectivity index (χ0) is 13.1. The van der Waals surface area contributed by atoms with E-state index in [2.05, 4.69) is 40.1 Å². The van der Waals surface area contributed by atoms with Crippen molar-refractivity contribution in [3.63, 3.8) is 0 Å². The summed E-state index contributed by atoms with van der Waals surface area (Å²) in [4.78, 5) is 2.37. The Kier molecular flexibility index (Phi) is 4.76. The van der Waals surface area contributed by atoms with Gasteiger partial charge in [-0.3, -0.25) is 0 Å². The van der Waals surface area contributed by atoms with E-state index >= 15 is 0 Å². The van der Waals surface area contributed by atoms with Crippen LogP contribution in [0.4, 0.5) is 4.39 Å². The molecule has 1 saturated heterocycles. The van der Waals surface area contributed by atoms with Gasteiger partial charge in [0.05, 0.1) is 0 Å². The topological polar surface area (TPSA) is 15.3 Å². The summed E-state index contributed by atoms with van der Waals surface area (Å²) in [5.74, 6) is -0.133. The molecular formula is C14H20BrFN2. The van der Waals surface area contributed by atoms with Crippen molar-refractivity contribution in [2.75, 3.05) is 13.6 Å². The third-order valence-corrected chi connectivity index (χ3v) is 4.29. The summed E-state index contributed by atoms with van der Waals surface area (Å²) in [5, 5.41) is 3.47. The monoisotopic (exact) mass is 314 g/mol. The molecule has 1 N–H and O–H groups in total. The molecular weight excluding hydrogens is 295 g/mol. The van der Waals surface area contributed by atoms with Crippen molar-refractivity contribution >= 4 is 15.9 Å². The molecule has 18 heavy (non-hydrogen) atoms. The number of piperidine rings is 1. The van der Waals surface area contributed by atoms with Gasteiger partial charge in [0.1, 0.15) is 5.82 Å². The smallest absolute Gasteiger partial charge is 0.127 e. The van der Waals surface area contributed by atoms with Gasteiger partial charge in [-0.2, -0.15) is 0 Å². The standard InChI is InChI=1S/C14H20BrFN2/c1-10-7-13(5-6-18(10)2)17-9-11-8-12(15)3-4-14(11)16/h3-4,8,10,13,17H,5-7,9H2,1-2H3. The maximum Gasteiger partial charge on any atom is 0.127 e. The van der Waals surface area contributed by atoms with Crippen LogP contribution in [0.15, 0.2) is 22.7 Å². The molecule has 0 bridgehead atoms. The molecule has 2 rings (SSSR count). The Morgan fingerprint density at radius 2 is 2.28 bits per heavy atom. The first-order valence-corrected chi connectivity index (χ1v) is 7.23. The van der Waals surface area contributed by atoms with E-state index in [1.807, 2.05) is 6.07 Å². The minimum absolute atomic E-state index is 0.133. The quantitative estimate of drug-likeness (QED) is 0.922. The molecule has 0 spiro atoms. The minimum atomic E-state index is -0.133. The normalized spacial score (nSPS) is 25.3. The largest absolute Gasteiger partial charge is 0.310 e. The number of nitrogens with zero attached hydrogens (tertiary/aromatic N) is 1. The summed E-state index contributed by atoms with van der Waals surface area (Å²) >= 11 is 3.38. The molecule has 4 heteroatoms. The number of rotatable bonds is 3. The summed E-state index contributed by atoms with van der Waals surface area (Å²) in [7, 11) is 2.16. The fraction of sp³-hybridized carbons (Fsp3) is 0.571. The summed E-state index contributed by atoms with van der Waals surface area (Å²) in [6.45, 7) is 3.96. The second-order valence-electron chi connectivity index (χ2n) is 5.17. The molecule has 0 aliphatic carbocycles. The molecule has 1 aliphatic heterocycles. The first-order valence-electron chi connectivity index (χ1n) is 6.44. The van der Waals surface area contributed by atoms with Gasteiger partial charge in [-0.25, -0.2) is 4.39 Å². The van der Waals surface area contributed by atoms with Crippen molar-refractivity contribution in [2.24, 2.45) is 0 Å². The molecule has 0 aromatic heterocycles. The molecule has 0 radical (unpaired) electrons. The van der Waals surface area contributed by atoms with Crippen molar-refractivity contribution < 1.29 is 4.39 Å². The maximum absolute atomic E-state index is 13.6. The maximum atomic E-state index is 13.6. The fourth-order valence-electron chi connectivity index (χ4n) is 2.41. The van der Waals surface area contributed by atoms with Crippen LogP contribution in [-0.4, -0.2) is 30.6 Å². The minimum Gasteiger partial charge on any atom is -0.310 e. The van der Waals surface area contributed by atoms with Crippen LogP contribution >= 0.6 is 15.9 Å². The Hall–Kier alpha value is -0.450. The van der Waals surface area contributed by atoms with Gasteiger partial charge in [-0.15, -0.1) is 0 Å². The van der Waals surface area contributed by atoms with E-state index in [4.69, 9.17) is 0 Å². The van der Waals surface area contributed by atoms with Crippen LogP contribution in [0, 0.1) is 5.82 Å². The van der Waals surface area contributed by atoms with Gasteiger partial charge in [-0.1, -0.05) is 15.9 Å². The molecule has 0 saturated carbocycles. The number of likely N-dealkylation sites (tertiary alicyclic amines) is 1. The highest BCUT2D eigenvalue weighted by Crippen LogP contribution is 2.18. The highest BCUT2D eigenvalue weighted by atomic mass is 79.9. The van der Waals surface area contributed by atoms with E-state index in [-0.39, 0.29) is 5.82 Å². The van der Waals surface area contributed by atoms with Crippen molar-refractivity contribution in [2.45, 2.75) is 38.4 Å². The van der Waals surface area contributed by atoms with Gasteiger partial charge in [-0.05, 0) is 51.6 Å². The predicted octanol–water partition coefficient (Wildman–Crippen LogP) is 3.16. The highest BCUT2D eigenvalue weighted by molar-refractivity contribution is 9.10. The predicted molar refractivity (Wildman–Crippen MR) is 76.1 cm³/mol. The highest BCUT2D eigenvalue weighted by Gasteiger charge is 2.22. The zero-order valence-corrected chi connectivity index (χ0v) is 12.5. The second kappa shape index (κ2) is 6.13. The molecule has 1 fully saturated rings. The lowest BCUT2D eigenvalue weighted by atomic mass is 9.98. The lowest BCUT2D eigenvalue weighted by Gasteiger charge is -2.35. The number of hydrogen-bond acceptors (Lipinski definition) is 2. The van der Waals surface area contributed by atoms with E-state index in [1.165, 1.54) is 6.07 Å². The van der Waals surface area contributed by atoms with E-state index in [0.717, 1.165) is 29.4 Å². The van der Waals surface area contributed by atoms with Crippen LogP contribution < -0.4 is 5.32 Å². The number of halogens is 2. The summed E-state index contributed by atoms with van der Waals surface area (Å²) in [6, 6.07) is 6.19. The molecule has 2 unspecified atom stereocenters. The Labute approximate surface area is 117 Å². The van der Waals surface area contributed by atoms with Gasteiger partial charge < -0.3 is 10.2 Å². The zero-order valence-electron chi connectivity index (χ0n) is 10.9.